The van der Waals surface area contributed by atoms with Gasteiger partial charge in [0, 0.05) is 63.9 Å². The van der Waals surface area contributed by atoms with E-state index in [0.717, 1.165) is 38.8 Å². The highest BCUT2D eigenvalue weighted by Gasteiger charge is 2.58. The summed E-state index contributed by atoms with van der Waals surface area (Å²) in [6, 6.07) is 12.5. The first kappa shape index (κ1) is 47.2. The molecule has 15 nitrogen and oxygen atoms in total. The highest BCUT2D eigenvalue weighted by Crippen LogP contribution is 2.61. The van der Waals surface area contributed by atoms with Crippen LogP contribution in [-0.4, -0.2) is 99.3 Å². The van der Waals surface area contributed by atoms with Gasteiger partial charge in [-0.3, -0.25) is 38.5 Å². The average molecular weight is 885 g/mol. The molecule has 9 atom stereocenters. The van der Waals surface area contributed by atoms with E-state index in [1.807, 2.05) is 37.3 Å². The topological polar surface area (TPSA) is 229 Å². The van der Waals surface area contributed by atoms with Crippen LogP contribution in [0.4, 0.5) is 5.69 Å². The number of rotatable bonds is 18. The monoisotopic (exact) mass is 884 g/mol. The Morgan fingerprint density at radius 3 is 2.17 bits per heavy atom. The van der Waals surface area contributed by atoms with Crippen LogP contribution in [0.25, 0.3) is 0 Å². The van der Waals surface area contributed by atoms with E-state index in [1.165, 1.54) is 25.6 Å². The summed E-state index contributed by atoms with van der Waals surface area (Å²) in [5, 5.41) is 40.3. The Labute approximate surface area is 370 Å². The quantitative estimate of drug-likeness (QED) is 0.0925. The van der Waals surface area contributed by atoms with Crippen molar-refractivity contribution in [2.24, 2.45) is 28.6 Å². The number of hydrogen-bond donors (Lipinski definition) is 6. The maximum atomic E-state index is 12.9. The van der Waals surface area contributed by atoms with E-state index in [9.17, 15) is 48.9 Å². The number of fused-ring (bicyclic) bond motifs is 3. The number of nitrogens with one attached hydrogen (secondary N) is 3. The van der Waals surface area contributed by atoms with Gasteiger partial charge in [0.2, 0.25) is 17.7 Å². The molecule has 2 aromatic carbocycles. The van der Waals surface area contributed by atoms with Crippen molar-refractivity contribution in [3.8, 4) is 0 Å². The predicted molar refractivity (Wildman–Crippen MR) is 232 cm³/mol. The molecule has 4 aliphatic rings. The first-order valence-electron chi connectivity index (χ1n) is 21.3. The molecule has 3 aliphatic carbocycles. The number of nitrogens with zero attached hydrogens (tertiary/aromatic N) is 1. The number of anilines is 1. The van der Waals surface area contributed by atoms with Crippen LogP contribution in [0.5, 0.6) is 0 Å². The number of aliphatic hydroxyl groups is 3. The van der Waals surface area contributed by atoms with Crippen LogP contribution in [0.1, 0.15) is 78.1 Å². The number of benzene rings is 2. The summed E-state index contributed by atoms with van der Waals surface area (Å²) in [6.07, 6.45) is 7.87. The lowest BCUT2D eigenvalue weighted by Gasteiger charge is -2.59. The Kier molecular flexibility index (Phi) is 15.0. The van der Waals surface area contributed by atoms with Gasteiger partial charge in [0.05, 0.1) is 12.7 Å². The Balaban J connectivity index is 0.981. The zero-order chi connectivity index (χ0) is 45.6. The maximum absolute atomic E-state index is 12.9. The normalized spacial score (nSPS) is 26.6. The fourth-order valence-corrected chi connectivity index (χ4v) is 10.4. The Bertz CT molecular complexity index is 2170. The lowest BCUT2D eigenvalue weighted by Crippen LogP contribution is -2.57. The largest absolute Gasteiger partial charge is 0.393 e. The van der Waals surface area contributed by atoms with E-state index in [0.29, 0.717) is 30.5 Å². The molecule has 2 aromatic rings. The van der Waals surface area contributed by atoms with Crippen LogP contribution in [0.3, 0.4) is 0 Å². The summed E-state index contributed by atoms with van der Waals surface area (Å²) in [5.74, 6) is -3.07. The number of aliphatic hydroxyl groups excluding tert-OH is 3. The summed E-state index contributed by atoms with van der Waals surface area (Å²) in [4.78, 5) is 88.4. The van der Waals surface area contributed by atoms with Gasteiger partial charge >= 0.3 is 0 Å². The molecule has 336 valence electrons. The van der Waals surface area contributed by atoms with Crippen molar-refractivity contribution in [2.45, 2.75) is 100 Å². The molecule has 63 heavy (non-hydrogen) atoms. The predicted octanol–water partition coefficient (Wildman–Crippen LogP) is 3.93. The molecule has 6 rings (SSSR count). The Hall–Kier alpha value is -5.26. The summed E-state index contributed by atoms with van der Waals surface area (Å²) < 4.78 is 6.14. The van der Waals surface area contributed by atoms with Crippen LogP contribution >= 0.6 is 11.8 Å². The third kappa shape index (κ3) is 11.1. The standard InChI is InChI=1S/C47H56N4O11S/c1-27(48-39(56)20-22-51-40(57)17-18-41(51)58)43(59)49-28(2)44(60)50-31-8-13-35(14-9-31)63-34-11-5-29(6-12-34)45(61)62-26-46(3)24-38(55)42-36(37(46)16-10-33(54)25-52)15-7-30-23-32(53)19-21-47(30,42)4/h5-6,8-9,11-14,17-19,21,23,27-28,36-38,42,45,52,55,61H,7,10,15-16,20,22,24-26H2,1-4H3,(H,48,56)(H,49,59)(H,50,60)/t27-,28-,36-,37?,38-,42?,45-,46+,47-/m0/s1. The van der Waals surface area contributed by atoms with Gasteiger partial charge in [-0.1, -0.05) is 49.4 Å². The number of allylic oxidation sites excluding steroid dienone is 4. The molecule has 16 heteroatoms. The minimum atomic E-state index is -1.25. The molecule has 2 saturated carbocycles. The van der Waals surface area contributed by atoms with E-state index >= 15 is 0 Å². The second-order valence-electron chi connectivity index (χ2n) is 17.5. The van der Waals surface area contributed by atoms with Crippen LogP contribution in [0, 0.1) is 28.6 Å². The molecule has 2 fully saturated rings. The summed E-state index contributed by atoms with van der Waals surface area (Å²) in [5.41, 5.74) is 0.998. The van der Waals surface area contributed by atoms with Crippen LogP contribution in [0.15, 0.2) is 94.3 Å². The van der Waals surface area contributed by atoms with Crippen molar-refractivity contribution in [2.75, 3.05) is 25.1 Å². The van der Waals surface area contributed by atoms with E-state index in [1.54, 1.807) is 36.4 Å². The zero-order valence-corrected chi connectivity index (χ0v) is 36.7. The molecule has 0 spiro atoms. The first-order chi connectivity index (χ1) is 29.9. The van der Waals surface area contributed by atoms with Crippen LogP contribution in [0.2, 0.25) is 0 Å². The molecular formula is C47H56N4O11S. The molecule has 0 saturated heterocycles. The Morgan fingerprint density at radius 1 is 0.889 bits per heavy atom. The second kappa shape index (κ2) is 20.1. The SMILES string of the molecule is C[C@H](NC(=O)CCN1C(=O)C=CC1=O)C(=O)N[C@@H](C)C(=O)Nc1ccc(Sc2ccc([C@@H](O)OC[C@@]3(C)C[C@H](O)C4[C@@H](CCC5=CC(=O)C=C[C@@]54C)C3CCC(=O)CO)cc2)cc1. The second-order valence-corrected chi connectivity index (χ2v) is 18.6. The van der Waals surface area contributed by atoms with E-state index < -0.39 is 71.5 Å². The smallest absolute Gasteiger partial charge is 0.253 e. The fourth-order valence-electron chi connectivity index (χ4n) is 9.59. The van der Waals surface area contributed by atoms with Crippen molar-refractivity contribution in [3.05, 3.63) is 90.0 Å². The molecule has 6 N–H and O–H groups in total. The van der Waals surface area contributed by atoms with Gasteiger partial charge in [0.1, 0.15) is 18.7 Å². The van der Waals surface area contributed by atoms with Crippen LogP contribution < -0.4 is 16.0 Å². The number of carbonyl (C=O) groups is 7. The summed E-state index contributed by atoms with van der Waals surface area (Å²) in [7, 11) is 0. The lowest BCUT2D eigenvalue weighted by atomic mass is 9.46. The van der Waals surface area contributed by atoms with Gasteiger partial charge in [0.15, 0.2) is 17.9 Å². The number of Topliss-reactive ketones (excluding diaryl/α,β-unsaturated/α-hetero) is 1. The van der Waals surface area contributed by atoms with Crippen molar-refractivity contribution in [1.29, 1.82) is 0 Å². The minimum absolute atomic E-state index is 0.0288. The summed E-state index contributed by atoms with van der Waals surface area (Å²) in [6.45, 7) is 6.57. The van der Waals surface area contributed by atoms with Gasteiger partial charge in [0.25, 0.3) is 11.8 Å². The number of carbonyl (C=O) groups excluding carboxylic acids is 7. The molecule has 1 heterocycles. The molecule has 2 unspecified atom stereocenters. The Morgan fingerprint density at radius 2 is 1.52 bits per heavy atom. The molecule has 0 bridgehead atoms. The minimum Gasteiger partial charge on any atom is -0.393 e. The van der Waals surface area contributed by atoms with Crippen molar-refractivity contribution < 1.29 is 53.6 Å². The number of ether oxygens (including phenoxy) is 1. The first-order valence-corrected chi connectivity index (χ1v) is 22.1. The molecule has 0 radical (unpaired) electrons. The number of amides is 5. The maximum Gasteiger partial charge on any atom is 0.253 e. The fraction of sp³-hybridized carbons (Fsp3) is 0.468. The van der Waals surface area contributed by atoms with E-state index in [2.05, 4.69) is 22.9 Å². The third-order valence-electron chi connectivity index (χ3n) is 13.0. The van der Waals surface area contributed by atoms with Crippen molar-refractivity contribution in [3.63, 3.8) is 0 Å². The highest BCUT2D eigenvalue weighted by molar-refractivity contribution is 7.99. The number of ketones is 2. The number of imide groups is 1. The molecule has 1 aliphatic heterocycles. The highest BCUT2D eigenvalue weighted by atomic mass is 32.2. The van der Waals surface area contributed by atoms with Crippen molar-refractivity contribution >= 4 is 58.6 Å². The summed E-state index contributed by atoms with van der Waals surface area (Å²) >= 11 is 1.47. The van der Waals surface area contributed by atoms with Gasteiger partial charge in [-0.15, -0.1) is 0 Å². The van der Waals surface area contributed by atoms with E-state index in [4.69, 9.17) is 4.74 Å². The molecular weight excluding hydrogens is 829 g/mol. The van der Waals surface area contributed by atoms with Gasteiger partial charge in [-0.2, -0.15) is 0 Å². The zero-order valence-electron chi connectivity index (χ0n) is 35.9. The van der Waals surface area contributed by atoms with Gasteiger partial charge in [-0.25, -0.2) is 0 Å². The third-order valence-corrected chi connectivity index (χ3v) is 14.0. The van der Waals surface area contributed by atoms with Crippen LogP contribution in [-0.2, 0) is 38.3 Å². The van der Waals surface area contributed by atoms with Crippen molar-refractivity contribution in [1.82, 2.24) is 15.5 Å². The van der Waals surface area contributed by atoms with Gasteiger partial charge < -0.3 is 36.0 Å². The van der Waals surface area contributed by atoms with E-state index in [-0.39, 0.29) is 55.3 Å². The number of hydrogen-bond acceptors (Lipinski definition) is 12. The molecule has 0 aromatic heterocycles. The lowest BCUT2D eigenvalue weighted by molar-refractivity contribution is -0.180. The van der Waals surface area contributed by atoms with Gasteiger partial charge in [-0.05, 0) is 105 Å². The average Bonchev–Trinajstić information content (AvgIpc) is 3.58. The molecule has 5 amide bonds.